The molecule has 3 rings (SSSR count). The molecular weight excluding hydrogens is 432 g/mol. The van der Waals surface area contributed by atoms with Crippen LogP contribution in [0.4, 0.5) is 0 Å². The molecule has 0 amide bonds. The van der Waals surface area contributed by atoms with Gasteiger partial charge in [-0.25, -0.2) is 0 Å². The number of phenols is 2. The summed E-state index contributed by atoms with van der Waals surface area (Å²) in [7, 11) is 0. The molecule has 8 N–H and O–H groups in total. The van der Waals surface area contributed by atoms with Gasteiger partial charge >= 0.3 is 0 Å². The molecule has 0 spiro atoms. The van der Waals surface area contributed by atoms with Crippen molar-refractivity contribution in [1.29, 1.82) is 0 Å². The first-order valence-corrected chi connectivity index (χ1v) is 10.2. The van der Waals surface area contributed by atoms with Gasteiger partial charge in [-0.15, -0.1) is 0 Å². The van der Waals surface area contributed by atoms with Crippen molar-refractivity contribution in [2.24, 2.45) is 0 Å². The van der Waals surface area contributed by atoms with Gasteiger partial charge in [0, 0.05) is 0 Å². The molecule has 2 aliphatic rings. The highest BCUT2D eigenvalue weighted by Crippen LogP contribution is 2.30. The van der Waals surface area contributed by atoms with E-state index in [9.17, 15) is 40.9 Å². The Kier molecular flexibility index (Phi) is 8.27. The number of phenolic OH excluding ortho intramolecular Hbond substituents is 2. The Bertz CT molecular complexity index is 747. The smallest absolute Gasteiger partial charge is 0.187 e. The van der Waals surface area contributed by atoms with Crippen LogP contribution in [-0.2, 0) is 25.4 Å². The van der Waals surface area contributed by atoms with Crippen molar-refractivity contribution in [1.82, 2.24) is 0 Å². The number of hydrogen-bond donors (Lipinski definition) is 8. The van der Waals surface area contributed by atoms with Crippen molar-refractivity contribution in [3.05, 3.63) is 23.8 Å². The Morgan fingerprint density at radius 1 is 0.844 bits per heavy atom. The second kappa shape index (κ2) is 10.6. The zero-order chi connectivity index (χ0) is 23.6. The van der Waals surface area contributed by atoms with E-state index in [-0.39, 0.29) is 24.5 Å². The Morgan fingerprint density at radius 3 is 2.22 bits per heavy atom. The highest BCUT2D eigenvalue weighted by molar-refractivity contribution is 5.40. The molecule has 2 saturated heterocycles. The van der Waals surface area contributed by atoms with E-state index in [1.165, 1.54) is 19.1 Å². The first-order chi connectivity index (χ1) is 15.1. The van der Waals surface area contributed by atoms with Crippen LogP contribution in [0.25, 0.3) is 0 Å². The fourth-order valence-electron chi connectivity index (χ4n) is 3.65. The van der Waals surface area contributed by atoms with Crippen LogP contribution in [-0.4, -0.2) is 115 Å². The minimum absolute atomic E-state index is 0.0113. The molecule has 0 unspecified atom stereocenters. The van der Waals surface area contributed by atoms with Crippen molar-refractivity contribution < 1.29 is 59.8 Å². The molecule has 0 radical (unpaired) electrons. The monoisotopic (exact) mass is 462 g/mol. The van der Waals surface area contributed by atoms with Crippen molar-refractivity contribution in [2.75, 3.05) is 13.2 Å². The summed E-state index contributed by atoms with van der Waals surface area (Å²) in [5, 5.41) is 79.5. The van der Waals surface area contributed by atoms with E-state index >= 15 is 0 Å². The first-order valence-electron chi connectivity index (χ1n) is 10.2. The number of aromatic hydroxyl groups is 2. The molecule has 10 atom stereocenters. The molecule has 182 valence electrons. The van der Waals surface area contributed by atoms with Gasteiger partial charge < -0.3 is 59.8 Å². The maximum Gasteiger partial charge on any atom is 0.187 e. The molecule has 1 aromatic rings. The van der Waals surface area contributed by atoms with Gasteiger partial charge in [0.25, 0.3) is 0 Å². The van der Waals surface area contributed by atoms with Gasteiger partial charge in [0.05, 0.1) is 19.3 Å². The Balaban J connectivity index is 1.64. The van der Waals surface area contributed by atoms with E-state index in [2.05, 4.69) is 0 Å². The van der Waals surface area contributed by atoms with E-state index in [1.54, 1.807) is 6.07 Å². The molecule has 32 heavy (non-hydrogen) atoms. The number of aliphatic hydroxyl groups is 6. The molecule has 0 bridgehead atoms. The summed E-state index contributed by atoms with van der Waals surface area (Å²) in [6.07, 6.45) is -13.7. The van der Waals surface area contributed by atoms with Gasteiger partial charge in [0.2, 0.25) is 0 Å². The van der Waals surface area contributed by atoms with Crippen LogP contribution in [0.3, 0.4) is 0 Å². The highest BCUT2D eigenvalue weighted by Gasteiger charge is 2.50. The maximum atomic E-state index is 10.7. The molecule has 0 aromatic heterocycles. The summed E-state index contributed by atoms with van der Waals surface area (Å²) in [5.74, 6) is -0.555. The van der Waals surface area contributed by atoms with Crippen LogP contribution >= 0.6 is 0 Å². The van der Waals surface area contributed by atoms with Gasteiger partial charge in [-0.3, -0.25) is 0 Å². The molecule has 1 aromatic carbocycles. The average molecular weight is 462 g/mol. The molecule has 2 aliphatic heterocycles. The van der Waals surface area contributed by atoms with E-state index in [0.29, 0.717) is 5.56 Å². The third kappa shape index (κ3) is 5.31. The van der Waals surface area contributed by atoms with Gasteiger partial charge in [-0.2, -0.15) is 0 Å². The molecule has 12 nitrogen and oxygen atoms in total. The number of benzene rings is 1. The van der Waals surface area contributed by atoms with Crippen LogP contribution in [0.5, 0.6) is 11.5 Å². The summed E-state index contributed by atoms with van der Waals surface area (Å²) in [5.41, 5.74) is 0.636. The minimum atomic E-state index is -1.66. The Morgan fingerprint density at radius 2 is 1.56 bits per heavy atom. The van der Waals surface area contributed by atoms with Gasteiger partial charge in [-0.05, 0) is 31.0 Å². The number of ether oxygens (including phenoxy) is 4. The second-order valence-electron chi connectivity index (χ2n) is 7.93. The SMILES string of the molecule is C[C@@H]1O[C@@H](O[C@H]2[C@@H](O)[C@@H](OCCc3ccc(O)c(O)c3)O[C@H](CO)[C@H]2O)[C@H](O)[C@H](O)[C@H]1O. The van der Waals surface area contributed by atoms with Crippen LogP contribution in [0.2, 0.25) is 0 Å². The van der Waals surface area contributed by atoms with E-state index in [0.717, 1.165) is 0 Å². The standard InChI is InChI=1S/C20H30O12/c1-8-13(24)15(26)16(27)20(30-8)32-18-14(25)12(7-21)31-19(17(18)28)29-5-4-9-2-3-10(22)11(23)6-9/h2-3,6,8,12-28H,4-5,7H2,1H3/t8-,12+,13-,14+,15+,16+,17+,18+,19-,20-/m0/s1. The Labute approximate surface area is 183 Å². The second-order valence-corrected chi connectivity index (χ2v) is 7.93. The van der Waals surface area contributed by atoms with Crippen LogP contribution in [0.15, 0.2) is 18.2 Å². The lowest BCUT2D eigenvalue weighted by Crippen LogP contribution is -2.64. The lowest BCUT2D eigenvalue weighted by molar-refractivity contribution is -0.357. The summed E-state index contributed by atoms with van der Waals surface area (Å²) in [6.45, 7) is 0.846. The van der Waals surface area contributed by atoms with Crippen molar-refractivity contribution in [3.63, 3.8) is 0 Å². The summed E-state index contributed by atoms with van der Waals surface area (Å²) < 4.78 is 21.8. The van der Waals surface area contributed by atoms with Crippen molar-refractivity contribution >= 4 is 0 Å². The third-order valence-electron chi connectivity index (χ3n) is 5.63. The lowest BCUT2D eigenvalue weighted by Gasteiger charge is -2.45. The van der Waals surface area contributed by atoms with Gasteiger partial charge in [0.15, 0.2) is 24.1 Å². The molecule has 0 aliphatic carbocycles. The van der Waals surface area contributed by atoms with Crippen LogP contribution < -0.4 is 0 Å². The van der Waals surface area contributed by atoms with E-state index in [1.807, 2.05) is 0 Å². The van der Waals surface area contributed by atoms with Gasteiger partial charge in [-0.1, -0.05) is 6.07 Å². The summed E-state index contributed by atoms with van der Waals surface area (Å²) in [6, 6.07) is 4.25. The first kappa shape index (κ1) is 25.1. The zero-order valence-corrected chi connectivity index (χ0v) is 17.3. The molecule has 2 heterocycles. The minimum Gasteiger partial charge on any atom is -0.504 e. The highest BCUT2D eigenvalue weighted by atomic mass is 16.7. The molecule has 2 fully saturated rings. The predicted molar refractivity (Wildman–Crippen MR) is 104 cm³/mol. The van der Waals surface area contributed by atoms with E-state index in [4.69, 9.17) is 18.9 Å². The van der Waals surface area contributed by atoms with Crippen LogP contribution in [0, 0.1) is 0 Å². The van der Waals surface area contributed by atoms with Gasteiger partial charge in [0.1, 0.15) is 42.7 Å². The topological polar surface area (TPSA) is 199 Å². The normalized spacial score (nSPS) is 40.3. The zero-order valence-electron chi connectivity index (χ0n) is 17.3. The third-order valence-corrected chi connectivity index (χ3v) is 5.63. The number of aliphatic hydroxyl groups excluding tert-OH is 6. The molecule has 12 heteroatoms. The number of rotatable bonds is 7. The van der Waals surface area contributed by atoms with E-state index < -0.39 is 68.0 Å². The van der Waals surface area contributed by atoms with Crippen molar-refractivity contribution in [3.8, 4) is 11.5 Å². The van der Waals surface area contributed by atoms with Crippen LogP contribution in [0.1, 0.15) is 12.5 Å². The molecular formula is C20H30O12. The molecule has 0 saturated carbocycles. The predicted octanol–water partition coefficient (Wildman–Crippen LogP) is -2.69. The largest absolute Gasteiger partial charge is 0.504 e. The Hall–Kier alpha value is -1.58. The summed E-state index contributed by atoms with van der Waals surface area (Å²) in [4.78, 5) is 0. The fraction of sp³-hybridized carbons (Fsp3) is 0.700. The maximum absolute atomic E-state index is 10.7. The average Bonchev–Trinajstić information content (AvgIpc) is 2.77. The number of hydrogen-bond acceptors (Lipinski definition) is 12. The summed E-state index contributed by atoms with van der Waals surface area (Å²) >= 11 is 0. The lowest BCUT2D eigenvalue weighted by atomic mass is 9.97. The quantitative estimate of drug-likeness (QED) is 0.196. The fourth-order valence-corrected chi connectivity index (χ4v) is 3.65. The van der Waals surface area contributed by atoms with Crippen molar-refractivity contribution in [2.45, 2.75) is 74.8 Å².